The van der Waals surface area contributed by atoms with Crippen LogP contribution in [-0.2, 0) is 11.2 Å². The fourth-order valence-electron chi connectivity index (χ4n) is 4.26. The van der Waals surface area contributed by atoms with Crippen molar-refractivity contribution in [1.29, 1.82) is 0 Å². The van der Waals surface area contributed by atoms with Crippen LogP contribution in [0.25, 0.3) is 6.08 Å². The summed E-state index contributed by atoms with van der Waals surface area (Å²) < 4.78 is 17.9. The van der Waals surface area contributed by atoms with Gasteiger partial charge in [-0.15, -0.1) is 0 Å². The lowest BCUT2D eigenvalue weighted by molar-refractivity contribution is -0.121. The van der Waals surface area contributed by atoms with Gasteiger partial charge < -0.3 is 18.9 Å². The Balaban J connectivity index is 1.25. The van der Waals surface area contributed by atoms with E-state index in [1.165, 1.54) is 13.4 Å². The number of aromatic nitrogens is 4. The molecule has 0 aliphatic carbocycles. The van der Waals surface area contributed by atoms with Crippen LogP contribution in [0.1, 0.15) is 56.5 Å². The third-order valence-electron chi connectivity index (χ3n) is 6.51. The van der Waals surface area contributed by atoms with E-state index in [1.807, 2.05) is 39.0 Å². The van der Waals surface area contributed by atoms with Gasteiger partial charge in [0.2, 0.25) is 11.8 Å². The molecule has 2 saturated heterocycles. The summed E-state index contributed by atoms with van der Waals surface area (Å²) in [6.45, 7) is 7.55. The summed E-state index contributed by atoms with van der Waals surface area (Å²) in [6, 6.07) is 7.82. The molecule has 1 aromatic carbocycles. The number of likely N-dealkylation sites (N-methyl/N-ethyl adjacent to an activating group) is 1. The molecule has 2 fully saturated rings. The van der Waals surface area contributed by atoms with Gasteiger partial charge in [-0.1, -0.05) is 38.1 Å². The van der Waals surface area contributed by atoms with Crippen molar-refractivity contribution >= 4 is 35.0 Å². The number of piperidine rings is 1. The zero-order chi connectivity index (χ0) is 27.5. The Labute approximate surface area is 230 Å². The van der Waals surface area contributed by atoms with E-state index in [-0.39, 0.29) is 23.2 Å². The van der Waals surface area contributed by atoms with Gasteiger partial charge in [-0.3, -0.25) is 14.5 Å². The smallest absolute Gasteiger partial charge is 0.324 e. The molecule has 0 spiro atoms. The predicted molar refractivity (Wildman–Crippen MR) is 146 cm³/mol. The molecule has 0 unspecified atom stereocenters. The van der Waals surface area contributed by atoms with E-state index in [1.54, 1.807) is 12.1 Å². The molecular weight excluding hydrogens is 520 g/mol. The number of benzene rings is 1. The summed E-state index contributed by atoms with van der Waals surface area (Å²) in [6.07, 6.45) is 5.29. The van der Waals surface area contributed by atoms with Crippen molar-refractivity contribution in [2.45, 2.75) is 52.1 Å². The number of hydrogen-bond acceptors (Lipinski definition) is 11. The van der Waals surface area contributed by atoms with E-state index in [2.05, 4.69) is 25.0 Å². The van der Waals surface area contributed by atoms with Crippen molar-refractivity contribution in [3.8, 4) is 17.5 Å². The van der Waals surface area contributed by atoms with Gasteiger partial charge in [0.05, 0.1) is 10.5 Å². The molecule has 3 aromatic rings. The molecule has 5 rings (SSSR count). The first-order chi connectivity index (χ1) is 18.8. The van der Waals surface area contributed by atoms with E-state index < -0.39 is 0 Å². The highest BCUT2D eigenvalue weighted by molar-refractivity contribution is 8.18. The van der Waals surface area contributed by atoms with Crippen molar-refractivity contribution in [2.75, 3.05) is 25.0 Å². The topological polar surface area (TPSA) is 124 Å². The number of ether oxygens (including phenoxy) is 2. The molecule has 0 N–H and O–H groups in total. The standard InChI is InChI=1S/C27H30N6O5S/c1-5-20-23(36-18-9-11-33(12-10-18)26-30-22(16(2)3)31-38-26)28-15-29-24(20)37-19-8-6-7-17(13-19)14-21-25(34)32(4)27(35)39-21/h6-8,13-16,18H,5,9-12H2,1-4H3/b21-14+. The first-order valence-corrected chi connectivity index (χ1v) is 13.7. The number of nitrogens with zero attached hydrogens (tertiary/aromatic N) is 6. The minimum absolute atomic E-state index is 0.0148. The van der Waals surface area contributed by atoms with Crippen LogP contribution in [-0.4, -0.2) is 62.4 Å². The van der Waals surface area contributed by atoms with Gasteiger partial charge in [0.1, 0.15) is 18.2 Å². The summed E-state index contributed by atoms with van der Waals surface area (Å²) in [4.78, 5) is 40.9. The summed E-state index contributed by atoms with van der Waals surface area (Å²) in [5.74, 6) is 2.08. The molecular formula is C27H30N6O5S. The zero-order valence-corrected chi connectivity index (χ0v) is 23.1. The second kappa shape index (κ2) is 11.4. The lowest BCUT2D eigenvalue weighted by Crippen LogP contribution is -2.38. The quantitative estimate of drug-likeness (QED) is 0.350. The van der Waals surface area contributed by atoms with E-state index in [9.17, 15) is 9.59 Å². The van der Waals surface area contributed by atoms with Crippen molar-refractivity contribution in [3.63, 3.8) is 0 Å². The maximum absolute atomic E-state index is 12.2. The number of amides is 2. The Kier molecular flexibility index (Phi) is 7.82. The van der Waals surface area contributed by atoms with Gasteiger partial charge in [0.15, 0.2) is 5.82 Å². The van der Waals surface area contributed by atoms with Gasteiger partial charge in [0.25, 0.3) is 11.1 Å². The van der Waals surface area contributed by atoms with Crippen molar-refractivity contribution in [1.82, 2.24) is 25.0 Å². The lowest BCUT2D eigenvalue weighted by atomic mass is 10.1. The van der Waals surface area contributed by atoms with Crippen LogP contribution >= 0.6 is 11.8 Å². The van der Waals surface area contributed by atoms with Crippen LogP contribution in [0.2, 0.25) is 0 Å². The SMILES string of the molecule is CCc1c(Oc2cccc(/C=C3/SC(=O)N(C)C3=O)c2)ncnc1OC1CCN(c2nc(C(C)C)no2)CC1. The van der Waals surface area contributed by atoms with Crippen LogP contribution in [0.4, 0.5) is 10.8 Å². The Hall–Kier alpha value is -3.93. The van der Waals surface area contributed by atoms with Gasteiger partial charge in [0, 0.05) is 38.9 Å². The minimum atomic E-state index is -0.314. The summed E-state index contributed by atoms with van der Waals surface area (Å²) in [5, 5.41) is 3.77. The molecule has 2 amide bonds. The number of carbonyl (C=O) groups is 2. The lowest BCUT2D eigenvalue weighted by Gasteiger charge is -2.30. The van der Waals surface area contributed by atoms with Gasteiger partial charge in [-0.05, 0) is 42.0 Å². The van der Waals surface area contributed by atoms with Gasteiger partial charge >= 0.3 is 6.01 Å². The van der Waals surface area contributed by atoms with E-state index in [0.717, 1.165) is 53.7 Å². The maximum atomic E-state index is 12.2. The third kappa shape index (κ3) is 5.90. The average molecular weight is 551 g/mol. The molecule has 2 aromatic heterocycles. The summed E-state index contributed by atoms with van der Waals surface area (Å²) >= 11 is 0.918. The largest absolute Gasteiger partial charge is 0.474 e. The van der Waals surface area contributed by atoms with E-state index in [0.29, 0.717) is 40.7 Å². The highest BCUT2D eigenvalue weighted by Crippen LogP contribution is 2.34. The molecule has 2 aliphatic rings. The van der Waals surface area contributed by atoms with Crippen LogP contribution in [0.3, 0.4) is 0 Å². The van der Waals surface area contributed by atoms with Gasteiger partial charge in [-0.2, -0.15) is 4.98 Å². The predicted octanol–water partition coefficient (Wildman–Crippen LogP) is 5.05. The molecule has 0 atom stereocenters. The van der Waals surface area contributed by atoms with Crippen LogP contribution < -0.4 is 14.4 Å². The fraction of sp³-hybridized carbons (Fsp3) is 0.407. The number of rotatable bonds is 8. The maximum Gasteiger partial charge on any atom is 0.324 e. The number of carbonyl (C=O) groups excluding carboxylic acids is 2. The molecule has 0 bridgehead atoms. The average Bonchev–Trinajstić information content (AvgIpc) is 3.51. The first kappa shape index (κ1) is 26.7. The molecule has 39 heavy (non-hydrogen) atoms. The second-order valence-corrected chi connectivity index (χ2v) is 10.6. The Morgan fingerprint density at radius 1 is 1.18 bits per heavy atom. The third-order valence-corrected chi connectivity index (χ3v) is 7.48. The van der Waals surface area contributed by atoms with Crippen LogP contribution in [0, 0.1) is 0 Å². The highest BCUT2D eigenvalue weighted by atomic mass is 32.2. The number of anilines is 1. The second-order valence-electron chi connectivity index (χ2n) is 9.63. The van der Waals surface area contributed by atoms with E-state index >= 15 is 0 Å². The molecule has 0 radical (unpaired) electrons. The zero-order valence-electron chi connectivity index (χ0n) is 22.3. The summed E-state index contributed by atoms with van der Waals surface area (Å²) in [7, 11) is 1.47. The van der Waals surface area contributed by atoms with E-state index in [4.69, 9.17) is 14.0 Å². The van der Waals surface area contributed by atoms with Gasteiger partial charge in [-0.25, -0.2) is 9.97 Å². The highest BCUT2D eigenvalue weighted by Gasteiger charge is 2.32. The van der Waals surface area contributed by atoms with Crippen LogP contribution in [0.5, 0.6) is 17.5 Å². The van der Waals surface area contributed by atoms with Crippen molar-refractivity contribution in [3.05, 3.63) is 52.4 Å². The molecule has 0 saturated carbocycles. The number of thioether (sulfide) groups is 1. The number of imide groups is 1. The Morgan fingerprint density at radius 3 is 2.62 bits per heavy atom. The number of hydrogen-bond donors (Lipinski definition) is 0. The molecule has 2 aliphatic heterocycles. The Bertz CT molecular complexity index is 1400. The molecule has 12 heteroatoms. The molecule has 4 heterocycles. The summed E-state index contributed by atoms with van der Waals surface area (Å²) in [5.41, 5.74) is 1.51. The van der Waals surface area contributed by atoms with Crippen molar-refractivity contribution < 1.29 is 23.6 Å². The van der Waals surface area contributed by atoms with Crippen molar-refractivity contribution in [2.24, 2.45) is 0 Å². The normalized spacial score (nSPS) is 17.5. The molecule has 11 nitrogen and oxygen atoms in total. The first-order valence-electron chi connectivity index (χ1n) is 12.9. The molecule has 204 valence electrons. The van der Waals surface area contributed by atoms with Crippen LogP contribution in [0.15, 0.2) is 40.0 Å². The minimum Gasteiger partial charge on any atom is -0.474 e. The monoisotopic (exact) mass is 550 g/mol. The fourth-order valence-corrected chi connectivity index (χ4v) is 5.09. The Morgan fingerprint density at radius 2 is 1.95 bits per heavy atom.